The van der Waals surface area contributed by atoms with Gasteiger partial charge in [0.15, 0.2) is 0 Å². The summed E-state index contributed by atoms with van der Waals surface area (Å²) >= 11 is 6.33. The average Bonchev–Trinajstić information content (AvgIpc) is 2.70. The number of aryl methyl sites for hydroxylation is 2. The molecule has 0 fully saturated rings. The first-order chi connectivity index (χ1) is 8.54. The quantitative estimate of drug-likeness (QED) is 0.801. The zero-order valence-corrected chi connectivity index (χ0v) is 12.5. The van der Waals surface area contributed by atoms with Crippen molar-refractivity contribution in [3.05, 3.63) is 16.4 Å². The summed E-state index contributed by atoms with van der Waals surface area (Å²) in [6.45, 7) is 9.91. The van der Waals surface area contributed by atoms with Crippen LogP contribution in [0.15, 0.2) is 0 Å². The van der Waals surface area contributed by atoms with Crippen molar-refractivity contribution in [1.82, 2.24) is 15.1 Å². The van der Waals surface area contributed by atoms with E-state index in [1.54, 1.807) is 0 Å². The molecule has 104 valence electrons. The van der Waals surface area contributed by atoms with Gasteiger partial charge in [0, 0.05) is 25.7 Å². The van der Waals surface area contributed by atoms with Crippen LogP contribution in [0.25, 0.3) is 0 Å². The number of nitrogens with zero attached hydrogens (tertiary/aromatic N) is 2. The number of aromatic nitrogens is 2. The van der Waals surface area contributed by atoms with Crippen molar-refractivity contribution in [3.63, 3.8) is 0 Å². The van der Waals surface area contributed by atoms with Gasteiger partial charge in [-0.3, -0.25) is 4.68 Å². The van der Waals surface area contributed by atoms with Gasteiger partial charge in [0.25, 0.3) is 0 Å². The molecule has 0 aliphatic carbocycles. The van der Waals surface area contributed by atoms with E-state index in [0.717, 1.165) is 29.4 Å². The third-order valence-corrected chi connectivity index (χ3v) is 3.86. The van der Waals surface area contributed by atoms with E-state index >= 15 is 0 Å². The van der Waals surface area contributed by atoms with E-state index in [4.69, 9.17) is 16.7 Å². The van der Waals surface area contributed by atoms with Gasteiger partial charge in [0.2, 0.25) is 0 Å². The maximum Gasteiger partial charge on any atom is 0.0863 e. The maximum absolute atomic E-state index is 9.12. The highest BCUT2D eigenvalue weighted by Crippen LogP contribution is 2.21. The number of hydrogen-bond acceptors (Lipinski definition) is 3. The second-order valence-electron chi connectivity index (χ2n) is 4.71. The molecule has 0 aliphatic heterocycles. The maximum atomic E-state index is 9.12. The molecule has 0 aliphatic rings. The Balaban J connectivity index is 2.74. The highest BCUT2D eigenvalue weighted by atomic mass is 35.5. The molecule has 2 unspecified atom stereocenters. The molecule has 1 aromatic rings. The van der Waals surface area contributed by atoms with Crippen molar-refractivity contribution in [1.29, 1.82) is 0 Å². The molecule has 0 spiro atoms. The Morgan fingerprint density at radius 2 is 2.06 bits per heavy atom. The van der Waals surface area contributed by atoms with Gasteiger partial charge < -0.3 is 10.4 Å². The number of aliphatic hydroxyl groups is 1. The average molecular weight is 274 g/mol. The summed E-state index contributed by atoms with van der Waals surface area (Å²) in [6, 6.07) is 0.247. The van der Waals surface area contributed by atoms with Crippen LogP contribution in [0.3, 0.4) is 0 Å². The molecule has 1 heterocycles. The van der Waals surface area contributed by atoms with Crippen molar-refractivity contribution in [2.45, 2.75) is 53.2 Å². The molecule has 0 amide bonds. The van der Waals surface area contributed by atoms with E-state index in [-0.39, 0.29) is 18.6 Å². The lowest BCUT2D eigenvalue weighted by molar-refractivity contribution is 0.206. The molecule has 4 nitrogen and oxygen atoms in total. The van der Waals surface area contributed by atoms with E-state index < -0.39 is 0 Å². The van der Waals surface area contributed by atoms with E-state index in [1.165, 1.54) is 0 Å². The molecular formula is C13H24ClN3O. The molecule has 0 saturated carbocycles. The van der Waals surface area contributed by atoms with Gasteiger partial charge in [-0.2, -0.15) is 5.10 Å². The Bertz CT molecular complexity index is 379. The summed E-state index contributed by atoms with van der Waals surface area (Å²) in [5, 5.41) is 17.8. The summed E-state index contributed by atoms with van der Waals surface area (Å²) in [6.07, 6.45) is 0.849. The third kappa shape index (κ3) is 3.46. The van der Waals surface area contributed by atoms with Gasteiger partial charge in [-0.1, -0.05) is 25.4 Å². The highest BCUT2D eigenvalue weighted by molar-refractivity contribution is 6.31. The van der Waals surface area contributed by atoms with Crippen LogP contribution in [-0.4, -0.2) is 27.5 Å². The fraction of sp³-hybridized carbons (Fsp3) is 0.769. The highest BCUT2D eigenvalue weighted by Gasteiger charge is 2.16. The fourth-order valence-electron chi connectivity index (χ4n) is 1.80. The Hall–Kier alpha value is -0.580. The van der Waals surface area contributed by atoms with Gasteiger partial charge in [0.05, 0.1) is 16.4 Å². The number of rotatable bonds is 7. The minimum atomic E-state index is 0.190. The minimum absolute atomic E-state index is 0.190. The lowest BCUT2D eigenvalue weighted by Gasteiger charge is -2.19. The van der Waals surface area contributed by atoms with Crippen LogP contribution in [-0.2, 0) is 19.5 Å². The standard InChI is InChI=1S/C13H24ClN3O/c1-5-11-13(14)12(17(6-2)16-11)7-15-10(4)9(3)8-18/h9-10,15,18H,5-8H2,1-4H3. The molecule has 0 bridgehead atoms. The van der Waals surface area contributed by atoms with Crippen LogP contribution in [0.1, 0.15) is 39.1 Å². The van der Waals surface area contributed by atoms with Crippen molar-refractivity contribution >= 4 is 11.6 Å². The Morgan fingerprint density at radius 3 is 2.56 bits per heavy atom. The first-order valence-corrected chi connectivity index (χ1v) is 7.01. The molecule has 1 aromatic heterocycles. The second-order valence-corrected chi connectivity index (χ2v) is 5.08. The molecule has 2 N–H and O–H groups in total. The van der Waals surface area contributed by atoms with Gasteiger partial charge in [0.1, 0.15) is 0 Å². The predicted octanol–water partition coefficient (Wildman–Crippen LogP) is 2.23. The first-order valence-electron chi connectivity index (χ1n) is 6.63. The molecular weight excluding hydrogens is 250 g/mol. The molecule has 5 heteroatoms. The zero-order chi connectivity index (χ0) is 13.7. The van der Waals surface area contributed by atoms with E-state index in [1.807, 2.05) is 11.6 Å². The summed E-state index contributed by atoms with van der Waals surface area (Å²) in [5.41, 5.74) is 1.99. The Kier molecular flexibility index (Phi) is 6.12. The summed E-state index contributed by atoms with van der Waals surface area (Å²) < 4.78 is 1.95. The number of aliphatic hydroxyl groups excluding tert-OH is 1. The summed E-state index contributed by atoms with van der Waals surface area (Å²) in [7, 11) is 0. The smallest absolute Gasteiger partial charge is 0.0863 e. The molecule has 1 rings (SSSR count). The van der Waals surface area contributed by atoms with Gasteiger partial charge in [-0.05, 0) is 26.2 Å². The van der Waals surface area contributed by atoms with Gasteiger partial charge in [-0.15, -0.1) is 0 Å². The van der Waals surface area contributed by atoms with Crippen molar-refractivity contribution in [2.75, 3.05) is 6.61 Å². The van der Waals surface area contributed by atoms with E-state index in [2.05, 4.69) is 31.2 Å². The van der Waals surface area contributed by atoms with Crippen molar-refractivity contribution in [3.8, 4) is 0 Å². The van der Waals surface area contributed by atoms with Crippen molar-refractivity contribution < 1.29 is 5.11 Å². The molecule has 0 aromatic carbocycles. The van der Waals surface area contributed by atoms with Gasteiger partial charge >= 0.3 is 0 Å². The van der Waals surface area contributed by atoms with Crippen LogP contribution in [0.4, 0.5) is 0 Å². The monoisotopic (exact) mass is 273 g/mol. The minimum Gasteiger partial charge on any atom is -0.396 e. The third-order valence-electron chi connectivity index (χ3n) is 3.43. The first kappa shape index (κ1) is 15.5. The van der Waals surface area contributed by atoms with E-state index in [0.29, 0.717) is 6.54 Å². The predicted molar refractivity (Wildman–Crippen MR) is 74.8 cm³/mol. The summed E-state index contributed by atoms with van der Waals surface area (Å²) in [5.74, 6) is 0.229. The number of hydrogen-bond donors (Lipinski definition) is 2. The van der Waals surface area contributed by atoms with Crippen LogP contribution < -0.4 is 5.32 Å². The SMILES string of the molecule is CCc1nn(CC)c(CNC(C)C(C)CO)c1Cl. The normalized spacial score (nSPS) is 14.8. The lowest BCUT2D eigenvalue weighted by Crippen LogP contribution is -2.34. The zero-order valence-electron chi connectivity index (χ0n) is 11.7. The number of halogens is 1. The lowest BCUT2D eigenvalue weighted by atomic mass is 10.1. The topological polar surface area (TPSA) is 50.1 Å². The van der Waals surface area contributed by atoms with Crippen LogP contribution in [0.2, 0.25) is 5.02 Å². The van der Waals surface area contributed by atoms with Crippen LogP contribution in [0.5, 0.6) is 0 Å². The fourth-order valence-corrected chi connectivity index (χ4v) is 2.14. The summed E-state index contributed by atoms with van der Waals surface area (Å²) in [4.78, 5) is 0. The molecule has 2 atom stereocenters. The number of nitrogens with one attached hydrogen (secondary N) is 1. The second kappa shape index (κ2) is 7.12. The van der Waals surface area contributed by atoms with Crippen LogP contribution >= 0.6 is 11.6 Å². The van der Waals surface area contributed by atoms with Crippen molar-refractivity contribution in [2.24, 2.45) is 5.92 Å². The molecule has 0 saturated heterocycles. The Morgan fingerprint density at radius 1 is 1.39 bits per heavy atom. The van der Waals surface area contributed by atoms with Crippen LogP contribution in [0, 0.1) is 5.92 Å². The largest absolute Gasteiger partial charge is 0.396 e. The Labute approximate surface area is 114 Å². The van der Waals surface area contributed by atoms with Gasteiger partial charge in [-0.25, -0.2) is 0 Å². The molecule has 18 heavy (non-hydrogen) atoms. The van der Waals surface area contributed by atoms with E-state index in [9.17, 15) is 0 Å². The molecule has 0 radical (unpaired) electrons.